The summed E-state index contributed by atoms with van der Waals surface area (Å²) >= 11 is 3.44. The second-order valence-electron chi connectivity index (χ2n) is 8.93. The number of hydrogen-bond acceptors (Lipinski definition) is 10. The predicted molar refractivity (Wildman–Crippen MR) is 166 cm³/mol. The Morgan fingerprint density at radius 1 is 1.00 bits per heavy atom. The van der Waals surface area contributed by atoms with Crippen LogP contribution in [0.2, 0.25) is 0 Å². The maximum atomic E-state index is 14.0. The standard InChI is InChI=1S/C30H31IN2O8S/c1-6-38-21-11-9-18(13-20(21)31)14-24-28(35)33-27(26(29(36)40-8-3)17(4)32-30(33)42-24)19-10-12-22(23(15-19)39-7-2)41-16-25(34)37-5/h9-15,27H,6-8,16H2,1-5H3/b24-14-/t27-/m1/s1. The lowest BCUT2D eigenvalue weighted by molar-refractivity contribution is -0.143. The van der Waals surface area contributed by atoms with Crippen molar-refractivity contribution in [2.75, 3.05) is 33.5 Å². The molecular weight excluding hydrogens is 675 g/mol. The molecule has 222 valence electrons. The first-order valence-corrected chi connectivity index (χ1v) is 15.2. The molecule has 1 aliphatic rings. The first-order chi connectivity index (χ1) is 20.2. The minimum atomic E-state index is -0.836. The Labute approximate surface area is 260 Å². The Morgan fingerprint density at radius 2 is 1.71 bits per heavy atom. The number of halogens is 1. The number of aromatic nitrogens is 1. The zero-order valence-corrected chi connectivity index (χ0v) is 26.9. The number of ether oxygens (including phenoxy) is 5. The lowest BCUT2D eigenvalue weighted by atomic mass is 9.95. The summed E-state index contributed by atoms with van der Waals surface area (Å²) in [6.45, 7) is 7.92. The molecule has 0 N–H and O–H groups in total. The minimum absolute atomic E-state index is 0.160. The zero-order valence-electron chi connectivity index (χ0n) is 23.9. The molecule has 0 aliphatic carbocycles. The van der Waals surface area contributed by atoms with Crippen LogP contribution in [0.1, 0.15) is 44.9 Å². The van der Waals surface area contributed by atoms with E-state index in [-0.39, 0.29) is 24.3 Å². The Bertz CT molecular complexity index is 1710. The summed E-state index contributed by atoms with van der Waals surface area (Å²) < 4.78 is 30.0. The fourth-order valence-electron chi connectivity index (χ4n) is 4.42. The Morgan fingerprint density at radius 3 is 2.38 bits per heavy atom. The summed E-state index contributed by atoms with van der Waals surface area (Å²) in [4.78, 5) is 43.9. The maximum Gasteiger partial charge on any atom is 0.343 e. The smallest absolute Gasteiger partial charge is 0.343 e. The third-order valence-corrected chi connectivity index (χ3v) is 8.05. The molecule has 10 nitrogen and oxygen atoms in total. The van der Waals surface area contributed by atoms with Crippen molar-refractivity contribution >= 4 is 51.9 Å². The highest BCUT2D eigenvalue weighted by molar-refractivity contribution is 14.1. The van der Waals surface area contributed by atoms with Crippen molar-refractivity contribution in [1.29, 1.82) is 0 Å². The number of thiazole rings is 1. The summed E-state index contributed by atoms with van der Waals surface area (Å²) in [6.07, 6.45) is 1.80. The van der Waals surface area contributed by atoms with Gasteiger partial charge in [-0.15, -0.1) is 0 Å². The van der Waals surface area contributed by atoms with Gasteiger partial charge in [-0.05, 0) is 91.8 Å². The van der Waals surface area contributed by atoms with Gasteiger partial charge in [-0.3, -0.25) is 9.36 Å². The number of benzene rings is 2. The molecular formula is C30H31IN2O8S. The van der Waals surface area contributed by atoms with E-state index in [9.17, 15) is 14.4 Å². The summed E-state index contributed by atoms with van der Waals surface area (Å²) in [5.41, 5.74) is 1.81. The Balaban J connectivity index is 1.87. The first kappa shape index (κ1) is 31.3. The molecule has 1 atom stereocenters. The molecule has 0 amide bonds. The van der Waals surface area contributed by atoms with E-state index in [1.165, 1.54) is 23.0 Å². The van der Waals surface area contributed by atoms with E-state index >= 15 is 0 Å². The van der Waals surface area contributed by atoms with Gasteiger partial charge < -0.3 is 23.7 Å². The van der Waals surface area contributed by atoms with E-state index in [0.717, 1.165) is 14.9 Å². The van der Waals surface area contributed by atoms with Gasteiger partial charge in [0.15, 0.2) is 22.9 Å². The summed E-state index contributed by atoms with van der Waals surface area (Å²) in [5.74, 6) is 0.336. The van der Waals surface area contributed by atoms with Crippen LogP contribution in [0, 0.1) is 3.57 Å². The second-order valence-corrected chi connectivity index (χ2v) is 11.1. The molecule has 0 saturated heterocycles. The van der Waals surface area contributed by atoms with E-state index in [1.54, 1.807) is 38.1 Å². The van der Waals surface area contributed by atoms with Gasteiger partial charge >= 0.3 is 11.9 Å². The van der Waals surface area contributed by atoms with Crippen molar-refractivity contribution in [1.82, 2.24) is 4.57 Å². The largest absolute Gasteiger partial charge is 0.493 e. The predicted octanol–water partition coefficient (Wildman–Crippen LogP) is 3.75. The fourth-order valence-corrected chi connectivity index (χ4v) is 6.16. The van der Waals surface area contributed by atoms with Gasteiger partial charge in [-0.25, -0.2) is 14.6 Å². The molecule has 0 saturated carbocycles. The van der Waals surface area contributed by atoms with Crippen LogP contribution in [0.3, 0.4) is 0 Å². The molecule has 0 fully saturated rings. The number of rotatable bonds is 11. The highest BCUT2D eigenvalue weighted by Gasteiger charge is 2.34. The molecule has 0 radical (unpaired) electrons. The third kappa shape index (κ3) is 6.70. The number of carbonyl (C=O) groups excluding carboxylic acids is 2. The summed E-state index contributed by atoms with van der Waals surface area (Å²) in [6, 6.07) is 9.93. The number of hydrogen-bond donors (Lipinski definition) is 0. The zero-order chi connectivity index (χ0) is 30.4. The highest BCUT2D eigenvalue weighted by Crippen LogP contribution is 2.36. The number of allylic oxidation sites excluding steroid dienone is 1. The Kier molecular flexibility index (Phi) is 10.4. The van der Waals surface area contributed by atoms with Crippen LogP contribution in [-0.2, 0) is 19.1 Å². The monoisotopic (exact) mass is 706 g/mol. The van der Waals surface area contributed by atoms with Crippen molar-refractivity contribution < 1.29 is 33.3 Å². The van der Waals surface area contributed by atoms with Crippen molar-refractivity contribution in [3.63, 3.8) is 0 Å². The van der Waals surface area contributed by atoms with E-state index in [4.69, 9.17) is 18.9 Å². The van der Waals surface area contributed by atoms with E-state index in [1.807, 2.05) is 32.0 Å². The molecule has 3 aromatic rings. The maximum absolute atomic E-state index is 14.0. The molecule has 42 heavy (non-hydrogen) atoms. The number of esters is 2. The number of methoxy groups -OCH3 is 1. The summed E-state index contributed by atoms with van der Waals surface area (Å²) in [5, 5.41) is 0. The van der Waals surface area contributed by atoms with Crippen LogP contribution < -0.4 is 29.1 Å². The van der Waals surface area contributed by atoms with E-state index < -0.39 is 18.0 Å². The normalized spacial score (nSPS) is 14.6. The molecule has 0 unspecified atom stereocenters. The topological polar surface area (TPSA) is 115 Å². The van der Waals surface area contributed by atoms with Crippen molar-refractivity contribution in [2.45, 2.75) is 33.7 Å². The van der Waals surface area contributed by atoms with Crippen LogP contribution in [0.4, 0.5) is 0 Å². The lowest BCUT2D eigenvalue weighted by Gasteiger charge is -2.25. The molecule has 2 heterocycles. The van der Waals surface area contributed by atoms with Gasteiger partial charge in [-0.1, -0.05) is 23.5 Å². The second kappa shape index (κ2) is 14.0. The third-order valence-electron chi connectivity index (χ3n) is 6.23. The number of nitrogens with zero attached hydrogens (tertiary/aromatic N) is 2. The lowest BCUT2D eigenvalue weighted by Crippen LogP contribution is -2.40. The van der Waals surface area contributed by atoms with Gasteiger partial charge in [0, 0.05) is 0 Å². The van der Waals surface area contributed by atoms with Crippen molar-refractivity contribution in [2.24, 2.45) is 4.99 Å². The van der Waals surface area contributed by atoms with Crippen LogP contribution in [0.15, 0.2) is 57.5 Å². The van der Waals surface area contributed by atoms with Crippen molar-refractivity contribution in [3.8, 4) is 17.2 Å². The molecule has 0 bridgehead atoms. The van der Waals surface area contributed by atoms with Gasteiger partial charge in [0.05, 0.1) is 52.3 Å². The molecule has 1 aliphatic heterocycles. The van der Waals surface area contributed by atoms with Crippen molar-refractivity contribution in [3.05, 3.63) is 82.1 Å². The molecule has 1 aromatic heterocycles. The van der Waals surface area contributed by atoms with Crippen LogP contribution in [-0.4, -0.2) is 50.0 Å². The van der Waals surface area contributed by atoms with Gasteiger partial charge in [0.1, 0.15) is 5.75 Å². The average molecular weight is 707 g/mol. The highest BCUT2D eigenvalue weighted by atomic mass is 127. The number of fused-ring (bicyclic) bond motifs is 1. The molecule has 0 spiro atoms. The summed E-state index contributed by atoms with van der Waals surface area (Å²) in [7, 11) is 1.27. The SMILES string of the molecule is CCOC(=O)C1=C(C)N=c2s/c(=C\c3ccc(OCC)c(I)c3)c(=O)n2[C@@H]1c1ccc(OCC(=O)OC)c(OCC)c1. The van der Waals surface area contributed by atoms with Gasteiger partial charge in [-0.2, -0.15) is 0 Å². The first-order valence-electron chi connectivity index (χ1n) is 13.3. The average Bonchev–Trinajstić information content (AvgIpc) is 3.27. The van der Waals surface area contributed by atoms with E-state index in [0.29, 0.717) is 45.3 Å². The molecule has 4 rings (SSSR count). The minimum Gasteiger partial charge on any atom is -0.493 e. The van der Waals surface area contributed by atoms with Crippen LogP contribution in [0.25, 0.3) is 6.08 Å². The van der Waals surface area contributed by atoms with E-state index in [2.05, 4.69) is 32.3 Å². The molecule has 2 aromatic carbocycles. The van der Waals surface area contributed by atoms with Gasteiger partial charge in [0.25, 0.3) is 5.56 Å². The van der Waals surface area contributed by atoms with Crippen LogP contribution >= 0.6 is 33.9 Å². The molecule has 12 heteroatoms. The Hall–Kier alpha value is -3.65. The fraction of sp³-hybridized carbons (Fsp3) is 0.333. The quantitative estimate of drug-likeness (QED) is 0.219. The van der Waals surface area contributed by atoms with Gasteiger partial charge in [0.2, 0.25) is 0 Å². The van der Waals surface area contributed by atoms with Crippen LogP contribution in [0.5, 0.6) is 17.2 Å². The number of carbonyl (C=O) groups is 2.